The van der Waals surface area contributed by atoms with E-state index in [2.05, 4.69) is 6.92 Å². The van der Waals surface area contributed by atoms with E-state index in [0.717, 1.165) is 43.4 Å². The Labute approximate surface area is 191 Å². The van der Waals surface area contributed by atoms with Gasteiger partial charge in [0.05, 0.1) is 10.8 Å². The standard InChI is InChI=1S/C24H35N3O4S/c1-4-5-12-25(3)23(28)19-7-6-13-26(16-19)32(30,31)21-10-11-22-20(15-21)14-17(2)27(22)24(29)18-8-9-18/h10-11,15,17-19H,4-9,12-14,16H2,1-3H3/t17-,19-/m1/s1. The van der Waals surface area contributed by atoms with Gasteiger partial charge in [-0.25, -0.2) is 8.42 Å². The summed E-state index contributed by atoms with van der Waals surface area (Å²) >= 11 is 0. The number of fused-ring (bicyclic) bond motifs is 1. The molecule has 1 saturated carbocycles. The number of unbranched alkanes of at least 4 members (excludes halogenated alkanes) is 1. The average molecular weight is 462 g/mol. The van der Waals surface area contributed by atoms with E-state index in [1.807, 2.05) is 18.9 Å². The van der Waals surface area contributed by atoms with Crippen LogP contribution in [0.25, 0.3) is 0 Å². The Morgan fingerprint density at radius 3 is 2.59 bits per heavy atom. The maximum atomic E-state index is 13.4. The molecular weight excluding hydrogens is 426 g/mol. The predicted molar refractivity (Wildman–Crippen MR) is 124 cm³/mol. The summed E-state index contributed by atoms with van der Waals surface area (Å²) in [5, 5.41) is 0. The van der Waals surface area contributed by atoms with E-state index >= 15 is 0 Å². The van der Waals surface area contributed by atoms with Crippen LogP contribution in [0.5, 0.6) is 0 Å². The first-order valence-electron chi connectivity index (χ1n) is 11.9. The number of sulfonamides is 1. The first-order chi connectivity index (χ1) is 15.2. The largest absolute Gasteiger partial charge is 0.345 e. The second-order valence-electron chi connectivity index (χ2n) is 9.64. The maximum Gasteiger partial charge on any atom is 0.243 e. The molecule has 4 rings (SSSR count). The molecule has 0 spiro atoms. The quantitative estimate of drug-likeness (QED) is 0.625. The van der Waals surface area contributed by atoms with Crippen LogP contribution in [0.1, 0.15) is 57.9 Å². The number of nitrogens with zero attached hydrogens (tertiary/aromatic N) is 3. The van der Waals surface area contributed by atoms with Crippen LogP contribution in [-0.4, -0.2) is 62.2 Å². The third-order valence-electron chi connectivity index (χ3n) is 7.03. The minimum atomic E-state index is -3.69. The van der Waals surface area contributed by atoms with Crippen molar-refractivity contribution in [1.29, 1.82) is 0 Å². The van der Waals surface area contributed by atoms with Gasteiger partial charge in [0.2, 0.25) is 21.8 Å². The molecule has 0 aromatic heterocycles. The van der Waals surface area contributed by atoms with E-state index in [-0.39, 0.29) is 41.1 Å². The normalized spacial score (nSPS) is 23.8. The number of hydrogen-bond acceptors (Lipinski definition) is 4. The summed E-state index contributed by atoms with van der Waals surface area (Å²) in [7, 11) is -1.89. The minimum absolute atomic E-state index is 0.0374. The fourth-order valence-electron chi connectivity index (χ4n) is 4.96. The summed E-state index contributed by atoms with van der Waals surface area (Å²) in [5.74, 6) is 0.0402. The maximum absolute atomic E-state index is 13.4. The van der Waals surface area contributed by atoms with Gasteiger partial charge in [-0.15, -0.1) is 0 Å². The molecule has 32 heavy (non-hydrogen) atoms. The Kier molecular flexibility index (Phi) is 6.63. The van der Waals surface area contributed by atoms with E-state index in [9.17, 15) is 18.0 Å². The molecule has 0 N–H and O–H groups in total. The summed E-state index contributed by atoms with van der Waals surface area (Å²) in [5.41, 5.74) is 1.76. The van der Waals surface area contributed by atoms with Crippen molar-refractivity contribution in [2.24, 2.45) is 11.8 Å². The molecule has 2 atom stereocenters. The topological polar surface area (TPSA) is 78.0 Å². The van der Waals surface area contributed by atoms with Gasteiger partial charge in [-0.3, -0.25) is 9.59 Å². The SMILES string of the molecule is CCCCN(C)C(=O)[C@@H]1CCCN(S(=O)(=O)c2ccc3c(c2)C[C@@H](C)N3C(=O)C2CC2)C1. The molecule has 2 fully saturated rings. The molecule has 7 nitrogen and oxygen atoms in total. The Morgan fingerprint density at radius 1 is 1.16 bits per heavy atom. The number of hydrogen-bond donors (Lipinski definition) is 0. The zero-order chi connectivity index (χ0) is 23.0. The third-order valence-corrected chi connectivity index (χ3v) is 8.89. The lowest BCUT2D eigenvalue weighted by molar-refractivity contribution is -0.135. The van der Waals surface area contributed by atoms with Gasteiger partial charge in [0.1, 0.15) is 0 Å². The van der Waals surface area contributed by atoms with Crippen LogP contribution in [0.4, 0.5) is 5.69 Å². The van der Waals surface area contributed by atoms with Crippen molar-refractivity contribution in [3.63, 3.8) is 0 Å². The van der Waals surface area contributed by atoms with Gasteiger partial charge in [-0.1, -0.05) is 13.3 Å². The fourth-order valence-corrected chi connectivity index (χ4v) is 6.53. The molecule has 1 aromatic carbocycles. The molecule has 8 heteroatoms. The second kappa shape index (κ2) is 9.14. The number of rotatable bonds is 7. The first kappa shape index (κ1) is 23.2. The lowest BCUT2D eigenvalue weighted by Gasteiger charge is -2.33. The number of anilines is 1. The molecule has 3 aliphatic rings. The second-order valence-corrected chi connectivity index (χ2v) is 11.6. The molecule has 0 unspecified atom stereocenters. The van der Waals surface area contributed by atoms with Crippen LogP contribution in [0.15, 0.2) is 23.1 Å². The van der Waals surface area contributed by atoms with Crippen LogP contribution in [0, 0.1) is 11.8 Å². The lowest BCUT2D eigenvalue weighted by Crippen LogP contribution is -2.46. The molecule has 1 saturated heterocycles. The summed E-state index contributed by atoms with van der Waals surface area (Å²) in [4.78, 5) is 29.4. The molecule has 1 aliphatic carbocycles. The highest BCUT2D eigenvalue weighted by Crippen LogP contribution is 2.40. The van der Waals surface area contributed by atoms with Gasteiger partial charge in [0.25, 0.3) is 0 Å². The van der Waals surface area contributed by atoms with E-state index in [1.165, 1.54) is 4.31 Å². The highest BCUT2D eigenvalue weighted by Gasteiger charge is 2.40. The van der Waals surface area contributed by atoms with E-state index in [4.69, 9.17) is 0 Å². The Bertz CT molecular complexity index is 989. The molecule has 2 aliphatic heterocycles. The first-order valence-corrected chi connectivity index (χ1v) is 13.4. The zero-order valence-electron chi connectivity index (χ0n) is 19.4. The van der Waals surface area contributed by atoms with Gasteiger partial charge in [0.15, 0.2) is 0 Å². The molecule has 1 aromatic rings. The summed E-state index contributed by atoms with van der Waals surface area (Å²) in [6.07, 6.45) is 5.94. The third kappa shape index (κ3) is 4.44. The van der Waals surface area contributed by atoms with Crippen molar-refractivity contribution in [2.45, 2.75) is 69.7 Å². The Hall–Kier alpha value is -1.93. The highest BCUT2D eigenvalue weighted by atomic mass is 32.2. The van der Waals surface area contributed by atoms with Crippen molar-refractivity contribution in [1.82, 2.24) is 9.21 Å². The molecule has 0 radical (unpaired) electrons. The number of carbonyl (C=O) groups excluding carboxylic acids is 2. The van der Waals surface area contributed by atoms with Gasteiger partial charge in [-0.05, 0) is 69.2 Å². The summed E-state index contributed by atoms with van der Waals surface area (Å²) in [6.45, 7) is 5.48. The van der Waals surface area contributed by atoms with Crippen molar-refractivity contribution in [3.05, 3.63) is 23.8 Å². The zero-order valence-corrected chi connectivity index (χ0v) is 20.2. The summed E-state index contributed by atoms with van der Waals surface area (Å²) < 4.78 is 28.3. The molecule has 0 bridgehead atoms. The van der Waals surface area contributed by atoms with Crippen molar-refractivity contribution >= 4 is 27.5 Å². The summed E-state index contributed by atoms with van der Waals surface area (Å²) in [6, 6.07) is 5.20. The highest BCUT2D eigenvalue weighted by molar-refractivity contribution is 7.89. The van der Waals surface area contributed by atoms with E-state index in [0.29, 0.717) is 25.9 Å². The number of amides is 2. The van der Waals surface area contributed by atoms with Crippen molar-refractivity contribution in [2.75, 3.05) is 31.6 Å². The number of carbonyl (C=O) groups is 2. The van der Waals surface area contributed by atoms with Crippen molar-refractivity contribution in [3.8, 4) is 0 Å². The lowest BCUT2D eigenvalue weighted by atomic mass is 9.98. The molecule has 2 amide bonds. The monoisotopic (exact) mass is 461 g/mol. The van der Waals surface area contributed by atoms with Crippen LogP contribution in [0.3, 0.4) is 0 Å². The van der Waals surface area contributed by atoms with Gasteiger partial charge in [-0.2, -0.15) is 4.31 Å². The fraction of sp³-hybridized carbons (Fsp3) is 0.667. The van der Waals surface area contributed by atoms with Crippen molar-refractivity contribution < 1.29 is 18.0 Å². The Morgan fingerprint density at radius 2 is 1.91 bits per heavy atom. The van der Waals surface area contributed by atoms with Crippen LogP contribution in [-0.2, 0) is 26.0 Å². The van der Waals surface area contributed by atoms with Crippen LogP contribution < -0.4 is 4.90 Å². The Balaban J connectivity index is 1.50. The number of benzene rings is 1. The number of piperidine rings is 1. The van der Waals surface area contributed by atoms with E-state index in [1.54, 1.807) is 23.1 Å². The predicted octanol–water partition coefficient (Wildman–Crippen LogP) is 3.03. The molecule has 2 heterocycles. The smallest absolute Gasteiger partial charge is 0.243 e. The van der Waals surface area contributed by atoms with Crippen LogP contribution >= 0.6 is 0 Å². The molecular formula is C24H35N3O4S. The van der Waals surface area contributed by atoms with E-state index < -0.39 is 10.0 Å². The minimum Gasteiger partial charge on any atom is -0.345 e. The average Bonchev–Trinajstić information content (AvgIpc) is 3.58. The van der Waals surface area contributed by atoms with Gasteiger partial charge >= 0.3 is 0 Å². The van der Waals surface area contributed by atoms with Crippen LogP contribution in [0.2, 0.25) is 0 Å². The van der Waals surface area contributed by atoms with Gasteiger partial charge in [0, 0.05) is 44.3 Å². The van der Waals surface area contributed by atoms with Gasteiger partial charge < -0.3 is 9.80 Å². The molecule has 176 valence electrons.